The first-order valence-corrected chi connectivity index (χ1v) is 6.27. The second-order valence-electron chi connectivity index (χ2n) is 2.80. The van der Waals surface area contributed by atoms with Gasteiger partial charge in [-0.05, 0) is 12.1 Å². The number of hydrogen-bond acceptors (Lipinski definition) is 2. The van der Waals surface area contributed by atoms with Crippen molar-refractivity contribution in [1.29, 1.82) is 0 Å². The van der Waals surface area contributed by atoms with Gasteiger partial charge < -0.3 is 0 Å². The molecule has 84 valence electrons. The molecule has 0 bridgehead atoms. The van der Waals surface area contributed by atoms with E-state index in [1.807, 2.05) is 0 Å². The van der Waals surface area contributed by atoms with E-state index < -0.39 is 27.2 Å². The van der Waals surface area contributed by atoms with Crippen LogP contribution in [0.25, 0.3) is 0 Å². The third kappa shape index (κ3) is 3.20. The summed E-state index contributed by atoms with van der Waals surface area (Å²) in [4.78, 5) is 0. The van der Waals surface area contributed by atoms with E-state index in [1.165, 1.54) is 6.07 Å². The molecule has 0 heterocycles. The van der Waals surface area contributed by atoms with Crippen molar-refractivity contribution in [3.8, 4) is 0 Å². The third-order valence-electron chi connectivity index (χ3n) is 1.64. The summed E-state index contributed by atoms with van der Waals surface area (Å²) in [7, 11) is -4.58. The van der Waals surface area contributed by atoms with Crippen LogP contribution in [0.15, 0.2) is 22.7 Å². The Balaban J connectivity index is 3.01. The zero-order valence-corrected chi connectivity index (χ0v) is 9.66. The number of sulfone groups is 1. The maximum absolute atomic E-state index is 13.1. The van der Waals surface area contributed by atoms with Crippen LogP contribution in [0.5, 0.6) is 0 Å². The molecule has 1 aromatic rings. The minimum Gasteiger partial charge on any atom is -0.223 e. The van der Waals surface area contributed by atoms with Gasteiger partial charge in [-0.25, -0.2) is 12.8 Å². The molecule has 0 fully saturated rings. The van der Waals surface area contributed by atoms with Crippen molar-refractivity contribution in [2.24, 2.45) is 0 Å². The molecule has 0 N–H and O–H groups in total. The maximum Gasteiger partial charge on any atom is 0.337 e. The Morgan fingerprint density at radius 2 is 1.93 bits per heavy atom. The molecule has 0 aliphatic rings. The molecule has 0 amide bonds. The first-order valence-electron chi connectivity index (χ1n) is 3.76. The van der Waals surface area contributed by atoms with E-state index in [-0.39, 0.29) is 5.56 Å². The summed E-state index contributed by atoms with van der Waals surface area (Å²) in [6, 6.07) is 3.56. The summed E-state index contributed by atoms with van der Waals surface area (Å²) in [5, 5.41) is 0. The average molecular weight is 303 g/mol. The lowest BCUT2D eigenvalue weighted by atomic mass is 10.2. The van der Waals surface area contributed by atoms with E-state index in [0.717, 1.165) is 12.1 Å². The Bertz CT molecular complexity index is 459. The fraction of sp³-hybridized carbons (Fsp3) is 0.250. The minimum atomic E-state index is -4.58. The summed E-state index contributed by atoms with van der Waals surface area (Å²) in [5.74, 6) is -5.31. The number of alkyl halides is 2. The topological polar surface area (TPSA) is 34.1 Å². The van der Waals surface area contributed by atoms with Crippen molar-refractivity contribution in [3.63, 3.8) is 0 Å². The molecule has 0 spiro atoms. The molecule has 0 unspecified atom stereocenters. The average Bonchev–Trinajstić information content (AvgIpc) is 2.09. The standard InChI is InChI=1S/C8H6BrF3O2S/c9-6-2-1-5(7(10)3-6)4-15(13,14)8(11)12/h1-3,8H,4H2. The van der Waals surface area contributed by atoms with Gasteiger partial charge in [0.15, 0.2) is 0 Å². The molecule has 2 nitrogen and oxygen atoms in total. The van der Waals surface area contributed by atoms with Gasteiger partial charge in [0.1, 0.15) is 5.82 Å². The Morgan fingerprint density at radius 1 is 1.33 bits per heavy atom. The van der Waals surface area contributed by atoms with E-state index in [0.29, 0.717) is 4.47 Å². The highest BCUT2D eigenvalue weighted by molar-refractivity contribution is 9.10. The Kier molecular flexibility index (Phi) is 3.77. The SMILES string of the molecule is O=S(=O)(Cc1ccc(Br)cc1F)C(F)F. The van der Waals surface area contributed by atoms with E-state index in [9.17, 15) is 21.6 Å². The highest BCUT2D eigenvalue weighted by atomic mass is 79.9. The van der Waals surface area contributed by atoms with E-state index in [4.69, 9.17) is 0 Å². The molecular weight excluding hydrogens is 297 g/mol. The Labute approximate surface area is 93.2 Å². The fourth-order valence-electron chi connectivity index (χ4n) is 0.918. The molecule has 0 radical (unpaired) electrons. The Hall–Kier alpha value is -0.560. The first-order chi connectivity index (χ1) is 6.83. The highest BCUT2D eigenvalue weighted by Crippen LogP contribution is 2.19. The van der Waals surface area contributed by atoms with Crippen molar-refractivity contribution >= 4 is 25.8 Å². The number of benzene rings is 1. The normalized spacial score (nSPS) is 12.1. The second kappa shape index (κ2) is 4.52. The monoisotopic (exact) mass is 302 g/mol. The molecule has 0 saturated heterocycles. The molecule has 0 aliphatic heterocycles. The predicted octanol–water partition coefficient (Wildman–Crippen LogP) is 2.73. The molecule has 0 saturated carbocycles. The van der Waals surface area contributed by atoms with Crippen molar-refractivity contribution in [1.82, 2.24) is 0 Å². The van der Waals surface area contributed by atoms with Crippen LogP contribution < -0.4 is 0 Å². The van der Waals surface area contributed by atoms with Crippen LogP contribution in [-0.2, 0) is 15.6 Å². The molecule has 7 heteroatoms. The van der Waals surface area contributed by atoms with Crippen LogP contribution in [0.1, 0.15) is 5.56 Å². The van der Waals surface area contributed by atoms with Gasteiger partial charge in [0.05, 0.1) is 5.75 Å². The molecule has 0 atom stereocenters. The van der Waals surface area contributed by atoms with Crippen molar-refractivity contribution < 1.29 is 21.6 Å². The van der Waals surface area contributed by atoms with Crippen LogP contribution in [0.2, 0.25) is 0 Å². The molecule has 15 heavy (non-hydrogen) atoms. The summed E-state index contributed by atoms with van der Waals surface area (Å²) in [6.07, 6.45) is 0. The molecule has 0 aliphatic carbocycles. The maximum atomic E-state index is 13.1. The number of rotatable bonds is 3. The summed E-state index contributed by atoms with van der Waals surface area (Å²) in [5.41, 5.74) is -0.265. The quantitative estimate of drug-likeness (QED) is 0.860. The van der Waals surface area contributed by atoms with Crippen molar-refractivity contribution in [2.75, 3.05) is 0 Å². The van der Waals surface area contributed by atoms with Gasteiger partial charge in [0.25, 0.3) is 0 Å². The molecule has 1 rings (SSSR count). The lowest BCUT2D eigenvalue weighted by molar-refractivity contribution is 0.234. The Morgan fingerprint density at radius 3 is 2.40 bits per heavy atom. The largest absolute Gasteiger partial charge is 0.337 e. The van der Waals surface area contributed by atoms with E-state index in [1.54, 1.807) is 0 Å². The summed E-state index contributed by atoms with van der Waals surface area (Å²) in [6.45, 7) is 0. The van der Waals surface area contributed by atoms with E-state index in [2.05, 4.69) is 15.9 Å². The van der Waals surface area contributed by atoms with Gasteiger partial charge in [0, 0.05) is 10.0 Å². The van der Waals surface area contributed by atoms with Crippen LogP contribution in [0.3, 0.4) is 0 Å². The fourth-order valence-corrected chi connectivity index (χ4v) is 2.05. The first kappa shape index (κ1) is 12.5. The smallest absolute Gasteiger partial charge is 0.223 e. The molecular formula is C8H6BrF3O2S. The summed E-state index contributed by atoms with van der Waals surface area (Å²) < 4.78 is 59.1. The predicted molar refractivity (Wildman–Crippen MR) is 52.7 cm³/mol. The number of hydrogen-bond donors (Lipinski definition) is 0. The van der Waals surface area contributed by atoms with Crippen LogP contribution in [-0.4, -0.2) is 14.2 Å². The second-order valence-corrected chi connectivity index (χ2v) is 5.69. The lowest BCUT2D eigenvalue weighted by Crippen LogP contribution is -2.14. The molecule has 0 aromatic heterocycles. The molecule has 1 aromatic carbocycles. The number of halogens is 4. The van der Waals surface area contributed by atoms with Gasteiger partial charge in [-0.3, -0.25) is 0 Å². The zero-order chi connectivity index (χ0) is 11.6. The summed E-state index contributed by atoms with van der Waals surface area (Å²) >= 11 is 2.97. The zero-order valence-electron chi connectivity index (χ0n) is 7.25. The highest BCUT2D eigenvalue weighted by Gasteiger charge is 2.25. The van der Waals surface area contributed by atoms with Gasteiger partial charge in [0.2, 0.25) is 9.84 Å². The van der Waals surface area contributed by atoms with Crippen molar-refractivity contribution in [2.45, 2.75) is 11.5 Å². The van der Waals surface area contributed by atoms with Gasteiger partial charge in [-0.15, -0.1) is 0 Å². The third-order valence-corrected chi connectivity index (χ3v) is 3.39. The van der Waals surface area contributed by atoms with Gasteiger partial charge in [-0.2, -0.15) is 8.78 Å². The van der Waals surface area contributed by atoms with Gasteiger partial charge >= 0.3 is 5.76 Å². The van der Waals surface area contributed by atoms with Crippen LogP contribution in [0.4, 0.5) is 13.2 Å². The van der Waals surface area contributed by atoms with Crippen LogP contribution >= 0.6 is 15.9 Å². The lowest BCUT2D eigenvalue weighted by Gasteiger charge is -2.04. The minimum absolute atomic E-state index is 0.265. The van der Waals surface area contributed by atoms with E-state index >= 15 is 0 Å². The van der Waals surface area contributed by atoms with Crippen LogP contribution in [0, 0.1) is 5.82 Å². The van der Waals surface area contributed by atoms with Gasteiger partial charge in [-0.1, -0.05) is 22.0 Å². The van der Waals surface area contributed by atoms with Crippen molar-refractivity contribution in [3.05, 3.63) is 34.1 Å².